The molecule has 2 heteroatoms. The van der Waals surface area contributed by atoms with Crippen molar-refractivity contribution in [3.05, 3.63) is 211 Å². The SMILES string of the molecule is Cc1cc(C)c([S+](c2ccccc2)c2ccccc2)c(C)c1.c1cc[c]([Ga-]([c]2ccccc2)([c]2ccccc2)[c]2ccccc2)cc1. The molecule has 0 heterocycles. The Bertz CT molecular complexity index is 1750. The molecule has 230 valence electrons. The molecule has 0 fully saturated rings. The van der Waals surface area contributed by atoms with Gasteiger partial charge in [0.2, 0.25) is 0 Å². The molecule has 0 atom stereocenters. The second-order valence-electron chi connectivity index (χ2n) is 12.2. The van der Waals surface area contributed by atoms with E-state index in [4.69, 9.17) is 0 Å². The van der Waals surface area contributed by atoms with Crippen LogP contribution >= 0.6 is 0 Å². The molecule has 7 rings (SSSR count). The van der Waals surface area contributed by atoms with E-state index in [0.29, 0.717) is 0 Å². The topological polar surface area (TPSA) is 0 Å². The van der Waals surface area contributed by atoms with E-state index in [-0.39, 0.29) is 10.9 Å². The van der Waals surface area contributed by atoms with Crippen LogP contribution in [-0.2, 0) is 10.9 Å². The van der Waals surface area contributed by atoms with Crippen molar-refractivity contribution in [3.8, 4) is 0 Å². The maximum atomic E-state index is 2.32. The van der Waals surface area contributed by atoms with Gasteiger partial charge in [-0.15, -0.1) is 0 Å². The molecular weight excluding hydrogens is 642 g/mol. The van der Waals surface area contributed by atoms with Crippen LogP contribution in [0.5, 0.6) is 0 Å². The molecule has 0 spiro atoms. The van der Waals surface area contributed by atoms with E-state index in [9.17, 15) is 0 Å². The van der Waals surface area contributed by atoms with E-state index in [1.54, 1.807) is 0 Å². The summed E-state index contributed by atoms with van der Waals surface area (Å²) < 4.78 is 5.92. The van der Waals surface area contributed by atoms with E-state index < -0.39 is 15.0 Å². The van der Waals surface area contributed by atoms with Gasteiger partial charge in [0.05, 0.1) is 10.9 Å². The van der Waals surface area contributed by atoms with Gasteiger partial charge in [-0.3, -0.25) is 0 Å². The van der Waals surface area contributed by atoms with Gasteiger partial charge in [0.25, 0.3) is 0 Å². The third-order valence-corrected chi connectivity index (χ3v) is 23.1. The molecule has 0 aliphatic heterocycles. The van der Waals surface area contributed by atoms with Crippen LogP contribution in [0.1, 0.15) is 16.7 Å². The third kappa shape index (κ3) is 7.11. The summed E-state index contributed by atoms with van der Waals surface area (Å²) in [5, 5.41) is 0. The predicted octanol–water partition coefficient (Wildman–Crippen LogP) is 8.77. The molecule has 7 aromatic carbocycles. The van der Waals surface area contributed by atoms with Crippen molar-refractivity contribution < 1.29 is 0 Å². The minimum absolute atomic E-state index is 0.0460. The number of hydrogen-bond donors (Lipinski definition) is 0. The number of rotatable bonds is 7. The fraction of sp³-hybridized carbons (Fsp3) is 0.0667. The second kappa shape index (κ2) is 15.4. The van der Waals surface area contributed by atoms with E-state index >= 15 is 0 Å². The van der Waals surface area contributed by atoms with Crippen LogP contribution in [0.3, 0.4) is 0 Å². The monoisotopic (exact) mass is 682 g/mol. The first-order chi connectivity index (χ1) is 23.1. The summed E-state index contributed by atoms with van der Waals surface area (Å²) in [7, 11) is -0.0460. The summed E-state index contributed by atoms with van der Waals surface area (Å²) in [4.78, 5) is 4.22. The predicted molar refractivity (Wildman–Crippen MR) is 206 cm³/mol. The van der Waals surface area contributed by atoms with Crippen LogP contribution < -0.4 is 16.5 Å². The van der Waals surface area contributed by atoms with Crippen LogP contribution in [0.25, 0.3) is 0 Å². The minimum atomic E-state index is -3.21. The quantitative estimate of drug-likeness (QED) is 0.117. The van der Waals surface area contributed by atoms with Gasteiger partial charge in [0.1, 0.15) is 0 Å². The van der Waals surface area contributed by atoms with E-state index in [1.807, 2.05) is 0 Å². The Hall–Kier alpha value is -4.47. The molecule has 0 N–H and O–H groups in total. The van der Waals surface area contributed by atoms with Crippen LogP contribution in [0.4, 0.5) is 0 Å². The molecule has 0 nitrogen and oxygen atoms in total. The summed E-state index contributed by atoms with van der Waals surface area (Å²) in [6.07, 6.45) is 0. The Morgan fingerprint density at radius 1 is 0.340 bits per heavy atom. The van der Waals surface area contributed by atoms with Crippen molar-refractivity contribution in [2.45, 2.75) is 35.5 Å². The molecule has 0 aliphatic rings. The number of aryl methyl sites for hydroxylation is 3. The van der Waals surface area contributed by atoms with E-state index in [0.717, 1.165) is 0 Å². The van der Waals surface area contributed by atoms with Gasteiger partial charge in [0, 0.05) is 11.1 Å². The molecule has 0 aliphatic carbocycles. The molecule has 0 amide bonds. The van der Waals surface area contributed by atoms with Crippen LogP contribution in [0.2, 0.25) is 0 Å². The summed E-state index contributed by atoms with van der Waals surface area (Å²) in [5.74, 6) is 0. The molecule has 47 heavy (non-hydrogen) atoms. The molecule has 0 saturated heterocycles. The average Bonchev–Trinajstić information content (AvgIpc) is 3.13. The molecule has 0 saturated carbocycles. The van der Waals surface area contributed by atoms with Crippen molar-refractivity contribution in [1.29, 1.82) is 0 Å². The number of hydrogen-bond acceptors (Lipinski definition) is 0. The first-order valence-corrected chi connectivity index (χ1v) is 22.5. The Balaban J connectivity index is 0.000000166. The van der Waals surface area contributed by atoms with Crippen molar-refractivity contribution in [1.82, 2.24) is 0 Å². The Morgan fingerprint density at radius 2 is 0.596 bits per heavy atom. The second-order valence-corrected chi connectivity index (χ2v) is 23.4. The third-order valence-electron chi connectivity index (χ3n) is 8.96. The van der Waals surface area contributed by atoms with Crippen molar-refractivity contribution in [2.24, 2.45) is 0 Å². The van der Waals surface area contributed by atoms with Gasteiger partial charge < -0.3 is 0 Å². The van der Waals surface area contributed by atoms with Gasteiger partial charge in [-0.2, -0.15) is 0 Å². The zero-order chi connectivity index (χ0) is 32.5. The molecule has 0 radical (unpaired) electrons. The van der Waals surface area contributed by atoms with Gasteiger partial charge in [-0.25, -0.2) is 0 Å². The Morgan fingerprint density at radius 3 is 0.872 bits per heavy atom. The summed E-state index contributed by atoms with van der Waals surface area (Å²) >= 11 is -3.21. The van der Waals surface area contributed by atoms with Crippen LogP contribution in [0, 0.1) is 20.8 Å². The number of benzene rings is 7. The molecule has 0 aromatic heterocycles. The molecular formula is C45H41GaS. The van der Waals surface area contributed by atoms with Gasteiger partial charge >= 0.3 is 153 Å². The van der Waals surface area contributed by atoms with Crippen molar-refractivity contribution in [3.63, 3.8) is 0 Å². The van der Waals surface area contributed by atoms with Crippen molar-refractivity contribution >= 4 is 42.4 Å². The molecule has 0 unspecified atom stereocenters. The molecule has 7 aromatic rings. The summed E-state index contributed by atoms with van der Waals surface area (Å²) in [5.41, 5.74) is 4.10. The van der Waals surface area contributed by atoms with E-state index in [1.165, 1.54) is 47.8 Å². The zero-order valence-corrected chi connectivity index (χ0v) is 30.7. The first kappa shape index (κ1) is 32.5. The van der Waals surface area contributed by atoms with Crippen LogP contribution in [0.15, 0.2) is 209 Å². The molecule has 0 bridgehead atoms. The fourth-order valence-electron chi connectivity index (χ4n) is 7.10. The van der Waals surface area contributed by atoms with Gasteiger partial charge in [0.15, 0.2) is 14.7 Å². The fourth-order valence-corrected chi connectivity index (χ4v) is 21.0. The van der Waals surface area contributed by atoms with Crippen LogP contribution in [-0.4, -0.2) is 15.0 Å². The van der Waals surface area contributed by atoms with Crippen molar-refractivity contribution in [2.75, 3.05) is 0 Å². The maximum absolute atomic E-state index is 3.21. The van der Waals surface area contributed by atoms with Gasteiger partial charge in [-0.1, -0.05) is 54.1 Å². The first-order valence-electron chi connectivity index (χ1n) is 16.4. The van der Waals surface area contributed by atoms with Gasteiger partial charge in [-0.05, 0) is 45.0 Å². The normalized spacial score (nSPS) is 11.1. The Kier molecular flexibility index (Phi) is 10.6. The Labute approximate surface area is 287 Å². The summed E-state index contributed by atoms with van der Waals surface area (Å²) in [6.45, 7) is 6.65. The summed E-state index contributed by atoms with van der Waals surface area (Å²) in [6, 6.07) is 70.7. The zero-order valence-electron chi connectivity index (χ0n) is 27.5. The average molecular weight is 684 g/mol. The standard InChI is InChI=1S/C21H21S.4C6H5.Ga/c1-16-14-17(2)21(18(3)15-16)22(19-10-6-4-7-11-19)20-12-8-5-9-13-20;4*1-2-4-6-5-3-1;/h4-15H,1-3H3;4*1-5H;/q+1;;;;;-1. The van der Waals surface area contributed by atoms with E-state index in [2.05, 4.69) is 215 Å².